The third-order valence-corrected chi connectivity index (χ3v) is 2.63. The number of nitrogens with one attached hydrogen (secondary N) is 1. The smallest absolute Gasteiger partial charge is 0.240 e. The molecule has 1 amide bonds. The number of hydrogen-bond acceptors (Lipinski definition) is 2. The minimum Gasteiger partial charge on any atom is -0.273 e. The van der Waals surface area contributed by atoms with E-state index in [9.17, 15) is 4.79 Å². The maximum Gasteiger partial charge on any atom is 0.240 e. The topological polar surface area (TPSA) is 41.5 Å². The fraction of sp³-hybridized carbons (Fsp3) is 0.467. The van der Waals surface area contributed by atoms with Gasteiger partial charge in [-0.2, -0.15) is 5.10 Å². The second-order valence-corrected chi connectivity index (χ2v) is 4.91. The van der Waals surface area contributed by atoms with E-state index in [0.717, 1.165) is 17.7 Å². The van der Waals surface area contributed by atoms with Crippen LogP contribution in [0, 0.1) is 12.8 Å². The van der Waals surface area contributed by atoms with Gasteiger partial charge in [0, 0.05) is 6.42 Å². The summed E-state index contributed by atoms with van der Waals surface area (Å²) in [5.41, 5.74) is 5.82. The van der Waals surface area contributed by atoms with Crippen LogP contribution < -0.4 is 5.43 Å². The second kappa shape index (κ2) is 6.94. The van der Waals surface area contributed by atoms with E-state index < -0.39 is 0 Å². The lowest BCUT2D eigenvalue weighted by Gasteiger charge is -2.06. The molecule has 0 radical (unpaired) electrons. The molecule has 0 atom stereocenters. The lowest BCUT2D eigenvalue weighted by atomic mass is 10.1. The average Bonchev–Trinajstić information content (AvgIpc) is 2.31. The van der Waals surface area contributed by atoms with E-state index in [1.54, 1.807) is 0 Å². The van der Waals surface area contributed by atoms with Crippen LogP contribution in [0.25, 0.3) is 0 Å². The molecule has 3 nitrogen and oxygen atoms in total. The molecule has 18 heavy (non-hydrogen) atoms. The van der Waals surface area contributed by atoms with Gasteiger partial charge in [-0.25, -0.2) is 5.43 Å². The van der Waals surface area contributed by atoms with Crippen LogP contribution >= 0.6 is 0 Å². The Morgan fingerprint density at radius 1 is 1.28 bits per heavy atom. The highest BCUT2D eigenvalue weighted by Crippen LogP contribution is 2.07. The molecule has 0 saturated heterocycles. The lowest BCUT2D eigenvalue weighted by Crippen LogP contribution is -2.21. The van der Waals surface area contributed by atoms with Crippen molar-refractivity contribution < 1.29 is 4.79 Å². The van der Waals surface area contributed by atoms with E-state index in [2.05, 4.69) is 29.6 Å². The third kappa shape index (κ3) is 4.70. The maximum atomic E-state index is 11.5. The molecule has 98 valence electrons. The van der Waals surface area contributed by atoms with Gasteiger partial charge in [-0.15, -0.1) is 0 Å². The number of hydrogen-bond donors (Lipinski definition) is 1. The molecule has 1 N–H and O–H groups in total. The van der Waals surface area contributed by atoms with E-state index in [1.807, 2.05) is 32.9 Å². The highest BCUT2D eigenvalue weighted by Gasteiger charge is 2.05. The predicted octanol–water partition coefficient (Wildman–Crippen LogP) is 3.27. The molecular weight excluding hydrogens is 224 g/mol. The molecule has 1 aromatic carbocycles. The summed E-state index contributed by atoms with van der Waals surface area (Å²) in [5.74, 6) is 0.327. The minimum absolute atomic E-state index is 0.0249. The first-order valence-corrected chi connectivity index (χ1v) is 6.45. The molecule has 0 aliphatic rings. The summed E-state index contributed by atoms with van der Waals surface area (Å²) >= 11 is 0. The number of amides is 1. The molecule has 0 fully saturated rings. The normalized spacial score (nSPS) is 11.7. The summed E-state index contributed by atoms with van der Waals surface area (Å²) in [6.07, 6.45) is 1.30. The van der Waals surface area contributed by atoms with Gasteiger partial charge < -0.3 is 0 Å². The number of rotatable bonds is 5. The van der Waals surface area contributed by atoms with Crippen LogP contribution in [0.5, 0.6) is 0 Å². The van der Waals surface area contributed by atoms with Crippen LogP contribution in [0.15, 0.2) is 29.4 Å². The summed E-state index contributed by atoms with van der Waals surface area (Å²) in [4.78, 5) is 11.5. The van der Waals surface area contributed by atoms with Crippen molar-refractivity contribution in [1.29, 1.82) is 0 Å². The molecule has 1 rings (SSSR count). The van der Waals surface area contributed by atoms with Crippen LogP contribution in [0.1, 0.15) is 44.7 Å². The molecule has 1 aromatic rings. The van der Waals surface area contributed by atoms with Crippen molar-refractivity contribution in [2.75, 3.05) is 0 Å². The Kier molecular flexibility index (Phi) is 5.56. The van der Waals surface area contributed by atoms with Crippen molar-refractivity contribution in [2.45, 2.75) is 40.5 Å². The summed E-state index contributed by atoms with van der Waals surface area (Å²) in [7, 11) is 0. The van der Waals surface area contributed by atoms with Gasteiger partial charge in [0.1, 0.15) is 0 Å². The van der Waals surface area contributed by atoms with E-state index in [4.69, 9.17) is 0 Å². The molecule has 0 heterocycles. The van der Waals surface area contributed by atoms with Gasteiger partial charge in [0.25, 0.3) is 0 Å². The maximum absolute atomic E-state index is 11.5. The Hall–Kier alpha value is -1.64. The monoisotopic (exact) mass is 246 g/mol. The van der Waals surface area contributed by atoms with Crippen molar-refractivity contribution in [2.24, 2.45) is 11.0 Å². The van der Waals surface area contributed by atoms with Gasteiger partial charge >= 0.3 is 0 Å². The van der Waals surface area contributed by atoms with E-state index in [-0.39, 0.29) is 5.91 Å². The highest BCUT2D eigenvalue weighted by molar-refractivity contribution is 6.00. The van der Waals surface area contributed by atoms with E-state index >= 15 is 0 Å². The number of hydrazone groups is 1. The quantitative estimate of drug-likeness (QED) is 0.628. The SMILES string of the molecule is CC/C(=N\NC(=O)CC(C)C)c1ccc(C)cc1. The first kappa shape index (κ1) is 14.4. The number of carbonyl (C=O) groups excluding carboxylic acids is 1. The molecule has 0 unspecified atom stereocenters. The van der Waals surface area contributed by atoms with Gasteiger partial charge in [0.05, 0.1) is 5.71 Å². The fourth-order valence-electron chi connectivity index (χ4n) is 1.64. The Morgan fingerprint density at radius 2 is 1.89 bits per heavy atom. The number of carbonyl (C=O) groups is 1. The van der Waals surface area contributed by atoms with Crippen molar-refractivity contribution in [1.82, 2.24) is 5.43 Å². The van der Waals surface area contributed by atoms with Crippen LogP contribution in [-0.2, 0) is 4.79 Å². The zero-order chi connectivity index (χ0) is 13.5. The Labute approximate surface area is 109 Å². The largest absolute Gasteiger partial charge is 0.273 e. The van der Waals surface area contributed by atoms with Crippen LogP contribution in [0.2, 0.25) is 0 Å². The zero-order valence-corrected chi connectivity index (χ0v) is 11.7. The first-order valence-electron chi connectivity index (χ1n) is 6.45. The summed E-state index contributed by atoms with van der Waals surface area (Å²) in [6, 6.07) is 8.17. The van der Waals surface area contributed by atoms with Gasteiger partial charge in [-0.3, -0.25) is 4.79 Å². The summed E-state index contributed by atoms with van der Waals surface area (Å²) in [6.45, 7) is 8.12. The molecule has 0 spiro atoms. The Morgan fingerprint density at radius 3 is 2.39 bits per heavy atom. The van der Waals surface area contributed by atoms with Crippen molar-refractivity contribution in [3.05, 3.63) is 35.4 Å². The van der Waals surface area contributed by atoms with Gasteiger partial charge in [0.15, 0.2) is 0 Å². The van der Waals surface area contributed by atoms with Crippen molar-refractivity contribution >= 4 is 11.6 Å². The number of aryl methyl sites for hydroxylation is 1. The predicted molar refractivity (Wildman–Crippen MR) is 75.6 cm³/mol. The molecule has 0 aromatic heterocycles. The minimum atomic E-state index is -0.0249. The van der Waals surface area contributed by atoms with Crippen LogP contribution in [0.3, 0.4) is 0 Å². The average molecular weight is 246 g/mol. The van der Waals surface area contributed by atoms with Gasteiger partial charge in [-0.05, 0) is 24.8 Å². The molecule has 0 aliphatic heterocycles. The fourth-order valence-corrected chi connectivity index (χ4v) is 1.64. The Bertz CT molecular complexity index is 419. The van der Waals surface area contributed by atoms with E-state index in [0.29, 0.717) is 12.3 Å². The first-order chi connectivity index (χ1) is 8.52. The van der Waals surface area contributed by atoms with Gasteiger partial charge in [-0.1, -0.05) is 50.6 Å². The standard InChI is InChI=1S/C15H22N2O/c1-5-14(13-8-6-12(4)7-9-13)16-17-15(18)10-11(2)3/h6-9,11H,5,10H2,1-4H3,(H,17,18)/b16-14+. The lowest BCUT2D eigenvalue weighted by molar-refractivity contribution is -0.121. The van der Waals surface area contributed by atoms with Crippen molar-refractivity contribution in [3.63, 3.8) is 0 Å². The Balaban J connectivity index is 2.71. The van der Waals surface area contributed by atoms with Gasteiger partial charge in [0.2, 0.25) is 5.91 Å². The third-order valence-electron chi connectivity index (χ3n) is 2.63. The van der Waals surface area contributed by atoms with Crippen molar-refractivity contribution in [3.8, 4) is 0 Å². The molecule has 0 aliphatic carbocycles. The van der Waals surface area contributed by atoms with Crippen LogP contribution in [-0.4, -0.2) is 11.6 Å². The second-order valence-electron chi connectivity index (χ2n) is 4.91. The zero-order valence-electron chi connectivity index (χ0n) is 11.7. The molecule has 3 heteroatoms. The number of benzene rings is 1. The highest BCUT2D eigenvalue weighted by atomic mass is 16.2. The molecule has 0 bridgehead atoms. The molecule has 0 saturated carbocycles. The van der Waals surface area contributed by atoms with Crippen LogP contribution in [0.4, 0.5) is 0 Å². The van der Waals surface area contributed by atoms with E-state index in [1.165, 1.54) is 5.56 Å². The number of nitrogens with zero attached hydrogens (tertiary/aromatic N) is 1. The summed E-state index contributed by atoms with van der Waals surface area (Å²) in [5, 5.41) is 4.21. The molecular formula is C15H22N2O. The summed E-state index contributed by atoms with van der Waals surface area (Å²) < 4.78 is 0.